The van der Waals surface area contributed by atoms with Crippen molar-refractivity contribution in [2.75, 3.05) is 24.1 Å². The van der Waals surface area contributed by atoms with Crippen molar-refractivity contribution in [1.29, 1.82) is 0 Å². The normalized spacial score (nSPS) is 10.8. The zero-order chi connectivity index (χ0) is 15.3. The number of carbonyl (C=O) groups is 2. The van der Waals surface area contributed by atoms with Crippen molar-refractivity contribution in [2.45, 2.75) is 19.9 Å². The Bertz CT molecular complexity index is 505. The Morgan fingerprint density at radius 1 is 1.35 bits per heavy atom. The van der Waals surface area contributed by atoms with E-state index in [1.165, 1.54) is 12.1 Å². The van der Waals surface area contributed by atoms with Gasteiger partial charge in [-0.2, -0.15) is 0 Å². The molecule has 0 atom stereocenters. The molecule has 0 unspecified atom stereocenters. The Balaban J connectivity index is 2.70. The van der Waals surface area contributed by atoms with Gasteiger partial charge in [-0.1, -0.05) is 0 Å². The van der Waals surface area contributed by atoms with E-state index < -0.39 is 17.6 Å². The summed E-state index contributed by atoms with van der Waals surface area (Å²) in [5, 5.41) is 2.51. The zero-order valence-corrected chi connectivity index (χ0v) is 11.5. The Labute approximate surface area is 116 Å². The Kier molecular flexibility index (Phi) is 5.45. The molecule has 0 saturated carbocycles. The van der Waals surface area contributed by atoms with Crippen molar-refractivity contribution < 1.29 is 14.0 Å². The third kappa shape index (κ3) is 4.85. The lowest BCUT2D eigenvalue weighted by molar-refractivity contribution is -0.121. The topological polar surface area (TPSA) is 101 Å². The first-order chi connectivity index (χ1) is 9.29. The van der Waals surface area contributed by atoms with Crippen LogP contribution in [0.3, 0.4) is 0 Å². The fourth-order valence-corrected chi connectivity index (χ4v) is 1.63. The number of hydrogen-bond donors (Lipinski definition) is 3. The second-order valence-corrected chi connectivity index (χ2v) is 4.74. The van der Waals surface area contributed by atoms with Crippen LogP contribution >= 0.6 is 0 Å². The maximum absolute atomic E-state index is 13.1. The summed E-state index contributed by atoms with van der Waals surface area (Å²) in [6.45, 7) is 3.62. The van der Waals surface area contributed by atoms with E-state index in [0.29, 0.717) is 0 Å². The van der Waals surface area contributed by atoms with E-state index in [1.54, 1.807) is 4.90 Å². The van der Waals surface area contributed by atoms with Gasteiger partial charge in [0, 0.05) is 6.04 Å². The number of hydrogen-bond acceptors (Lipinski definition) is 4. The standard InChI is InChI=1S/C13H19FN4O2/c1-8(2)18(6-12(16)19)7-13(20)17-11-5-9(14)3-4-10(11)15/h3-5,8H,6-7,15H2,1-2H3,(H2,16,19)(H,17,20). The van der Waals surface area contributed by atoms with Gasteiger partial charge in [0.25, 0.3) is 0 Å². The second kappa shape index (κ2) is 6.85. The number of carbonyl (C=O) groups excluding carboxylic acids is 2. The molecule has 20 heavy (non-hydrogen) atoms. The summed E-state index contributed by atoms with van der Waals surface area (Å²) in [4.78, 5) is 24.4. The van der Waals surface area contributed by atoms with E-state index in [9.17, 15) is 14.0 Å². The lowest BCUT2D eigenvalue weighted by atomic mass is 10.2. The summed E-state index contributed by atoms with van der Waals surface area (Å²) in [5.74, 6) is -1.40. The third-order valence-corrected chi connectivity index (χ3v) is 2.73. The van der Waals surface area contributed by atoms with Gasteiger partial charge in [0.15, 0.2) is 0 Å². The molecule has 1 aromatic carbocycles. The van der Waals surface area contributed by atoms with Crippen molar-refractivity contribution >= 4 is 23.2 Å². The third-order valence-electron chi connectivity index (χ3n) is 2.73. The van der Waals surface area contributed by atoms with E-state index in [4.69, 9.17) is 11.5 Å². The number of nitrogen functional groups attached to an aromatic ring is 1. The van der Waals surface area contributed by atoms with E-state index in [-0.39, 0.29) is 30.5 Å². The van der Waals surface area contributed by atoms with Gasteiger partial charge in [-0.25, -0.2) is 4.39 Å². The monoisotopic (exact) mass is 282 g/mol. The summed E-state index contributed by atoms with van der Waals surface area (Å²) in [6.07, 6.45) is 0. The molecule has 0 radical (unpaired) electrons. The highest BCUT2D eigenvalue weighted by atomic mass is 19.1. The molecular formula is C13H19FN4O2. The van der Waals surface area contributed by atoms with Crippen LogP contribution in [0, 0.1) is 5.82 Å². The van der Waals surface area contributed by atoms with Crippen LogP contribution in [0.1, 0.15) is 13.8 Å². The van der Waals surface area contributed by atoms with E-state index in [1.807, 2.05) is 13.8 Å². The molecule has 5 N–H and O–H groups in total. The van der Waals surface area contributed by atoms with Crippen LogP contribution in [-0.2, 0) is 9.59 Å². The maximum atomic E-state index is 13.1. The van der Waals surface area contributed by atoms with Gasteiger partial charge >= 0.3 is 0 Å². The number of primary amides is 1. The lowest BCUT2D eigenvalue weighted by Gasteiger charge is -2.24. The largest absolute Gasteiger partial charge is 0.397 e. The van der Waals surface area contributed by atoms with Crippen LogP contribution in [0.15, 0.2) is 18.2 Å². The zero-order valence-electron chi connectivity index (χ0n) is 11.5. The molecule has 0 aliphatic heterocycles. The van der Waals surface area contributed by atoms with Gasteiger partial charge < -0.3 is 16.8 Å². The average Bonchev–Trinajstić information content (AvgIpc) is 2.32. The van der Waals surface area contributed by atoms with Crippen molar-refractivity contribution in [1.82, 2.24) is 4.90 Å². The first-order valence-corrected chi connectivity index (χ1v) is 6.17. The molecule has 0 aromatic heterocycles. The summed E-state index contributed by atoms with van der Waals surface area (Å²) in [5.41, 5.74) is 11.2. The van der Waals surface area contributed by atoms with Crippen molar-refractivity contribution in [3.05, 3.63) is 24.0 Å². The quantitative estimate of drug-likeness (QED) is 0.663. The van der Waals surface area contributed by atoms with Crippen molar-refractivity contribution in [3.8, 4) is 0 Å². The highest BCUT2D eigenvalue weighted by Crippen LogP contribution is 2.19. The first kappa shape index (κ1) is 15.9. The number of amides is 2. The van der Waals surface area contributed by atoms with E-state index >= 15 is 0 Å². The van der Waals surface area contributed by atoms with Gasteiger partial charge in [-0.15, -0.1) is 0 Å². The van der Waals surface area contributed by atoms with Gasteiger partial charge in [0.05, 0.1) is 24.5 Å². The minimum absolute atomic E-state index is 0.0241. The molecule has 0 spiro atoms. The Hall–Kier alpha value is -2.15. The van der Waals surface area contributed by atoms with Gasteiger partial charge in [0.1, 0.15) is 5.82 Å². The molecule has 2 amide bonds. The van der Waals surface area contributed by atoms with Crippen LogP contribution in [0.25, 0.3) is 0 Å². The minimum atomic E-state index is -0.517. The molecule has 6 nitrogen and oxygen atoms in total. The number of nitrogens with two attached hydrogens (primary N) is 2. The predicted molar refractivity (Wildman–Crippen MR) is 75.3 cm³/mol. The second-order valence-electron chi connectivity index (χ2n) is 4.74. The minimum Gasteiger partial charge on any atom is -0.397 e. The molecule has 7 heteroatoms. The molecular weight excluding hydrogens is 263 g/mol. The molecule has 0 aliphatic carbocycles. The number of benzene rings is 1. The van der Waals surface area contributed by atoms with Crippen LogP contribution < -0.4 is 16.8 Å². The molecule has 110 valence electrons. The molecule has 0 saturated heterocycles. The number of nitrogens with zero attached hydrogens (tertiary/aromatic N) is 1. The number of anilines is 2. The first-order valence-electron chi connectivity index (χ1n) is 6.17. The van der Waals surface area contributed by atoms with Gasteiger partial charge in [0.2, 0.25) is 11.8 Å². The summed E-state index contributed by atoms with van der Waals surface area (Å²) in [6, 6.07) is 3.69. The number of nitrogens with one attached hydrogen (secondary N) is 1. The fraction of sp³-hybridized carbons (Fsp3) is 0.385. The van der Waals surface area contributed by atoms with Crippen LogP contribution in [0.5, 0.6) is 0 Å². The molecule has 1 aromatic rings. The molecule has 1 rings (SSSR count). The lowest BCUT2D eigenvalue weighted by Crippen LogP contribution is -2.43. The van der Waals surface area contributed by atoms with Gasteiger partial charge in [-0.05, 0) is 32.0 Å². The highest BCUT2D eigenvalue weighted by molar-refractivity contribution is 5.95. The van der Waals surface area contributed by atoms with Crippen molar-refractivity contribution in [3.63, 3.8) is 0 Å². The van der Waals surface area contributed by atoms with E-state index in [0.717, 1.165) is 6.07 Å². The smallest absolute Gasteiger partial charge is 0.238 e. The summed E-state index contributed by atoms with van der Waals surface area (Å²) < 4.78 is 13.1. The number of halogens is 1. The van der Waals surface area contributed by atoms with Gasteiger partial charge in [-0.3, -0.25) is 14.5 Å². The summed E-state index contributed by atoms with van der Waals surface area (Å²) >= 11 is 0. The maximum Gasteiger partial charge on any atom is 0.238 e. The summed E-state index contributed by atoms with van der Waals surface area (Å²) in [7, 11) is 0. The predicted octanol–water partition coefficient (Wildman–Crippen LogP) is 0.542. The Morgan fingerprint density at radius 2 is 2.00 bits per heavy atom. The van der Waals surface area contributed by atoms with E-state index in [2.05, 4.69) is 5.32 Å². The SMILES string of the molecule is CC(C)N(CC(N)=O)CC(=O)Nc1cc(F)ccc1N. The van der Waals surface area contributed by atoms with Crippen LogP contribution in [-0.4, -0.2) is 35.8 Å². The van der Waals surface area contributed by atoms with Crippen molar-refractivity contribution in [2.24, 2.45) is 5.73 Å². The highest BCUT2D eigenvalue weighted by Gasteiger charge is 2.16. The fourth-order valence-electron chi connectivity index (χ4n) is 1.63. The molecule has 0 aliphatic rings. The number of rotatable bonds is 6. The molecule has 0 fully saturated rings. The van der Waals surface area contributed by atoms with Crippen LogP contribution in [0.4, 0.5) is 15.8 Å². The Morgan fingerprint density at radius 3 is 2.55 bits per heavy atom. The van der Waals surface area contributed by atoms with Crippen LogP contribution in [0.2, 0.25) is 0 Å². The molecule has 0 bridgehead atoms. The average molecular weight is 282 g/mol. The molecule has 0 heterocycles.